The second-order valence-electron chi connectivity index (χ2n) is 9.72. The van der Waals surface area contributed by atoms with E-state index >= 15 is 0 Å². The lowest BCUT2D eigenvalue weighted by Gasteiger charge is -2.50. The molecule has 2 bridgehead atoms. The first-order chi connectivity index (χ1) is 15.1. The molecule has 180 valence electrons. The highest BCUT2D eigenvalue weighted by molar-refractivity contribution is 6.60. The van der Waals surface area contributed by atoms with E-state index in [2.05, 4.69) is 0 Å². The van der Waals surface area contributed by atoms with Crippen molar-refractivity contribution in [1.29, 1.82) is 0 Å². The van der Waals surface area contributed by atoms with E-state index in [0.717, 1.165) is 36.6 Å². The molecule has 7 heteroatoms. The summed E-state index contributed by atoms with van der Waals surface area (Å²) in [5, 5.41) is 9.73. The molecule has 31 heavy (non-hydrogen) atoms. The number of carbonyl (C=O) groups excluding carboxylic acids is 1. The van der Waals surface area contributed by atoms with Crippen LogP contribution < -0.4 is 0 Å². The average Bonchev–Trinajstić information content (AvgIpc) is 3.22. The Kier molecular flexibility index (Phi) is 9.83. The van der Waals surface area contributed by atoms with Crippen molar-refractivity contribution in [2.24, 2.45) is 35.5 Å². The van der Waals surface area contributed by atoms with Crippen LogP contribution in [0.15, 0.2) is 0 Å². The third-order valence-electron chi connectivity index (χ3n) is 7.92. The van der Waals surface area contributed by atoms with Gasteiger partial charge >= 0.3 is 14.8 Å². The molecule has 0 amide bonds. The lowest BCUT2D eigenvalue weighted by atomic mass is 9.56. The number of carbonyl (C=O) groups is 1. The van der Waals surface area contributed by atoms with E-state index in [0.29, 0.717) is 57.2 Å². The molecule has 4 rings (SSSR count). The molecule has 4 fully saturated rings. The normalized spacial score (nSPS) is 32.3. The smallest absolute Gasteiger partial charge is 0.465 e. The fraction of sp³-hybridized carbons (Fsp3) is 0.958. The number of aliphatic hydroxyl groups excluding tert-OH is 1. The van der Waals surface area contributed by atoms with Crippen molar-refractivity contribution in [1.82, 2.24) is 0 Å². The summed E-state index contributed by atoms with van der Waals surface area (Å²) < 4.78 is 23.3. The van der Waals surface area contributed by atoms with Crippen molar-refractivity contribution in [3.63, 3.8) is 0 Å². The van der Waals surface area contributed by atoms with Crippen LogP contribution in [0.2, 0.25) is 6.04 Å². The first-order valence-corrected chi connectivity index (χ1v) is 14.7. The zero-order valence-electron chi connectivity index (χ0n) is 19.9. The summed E-state index contributed by atoms with van der Waals surface area (Å²) in [6.45, 7) is 8.56. The Morgan fingerprint density at radius 2 is 1.58 bits per heavy atom. The molecule has 6 nitrogen and oxygen atoms in total. The van der Waals surface area contributed by atoms with Crippen LogP contribution >= 0.6 is 0 Å². The number of ether oxygens (including phenoxy) is 1. The molecule has 0 aromatic heterocycles. The van der Waals surface area contributed by atoms with Crippen molar-refractivity contribution < 1.29 is 27.9 Å². The van der Waals surface area contributed by atoms with Gasteiger partial charge in [0, 0.05) is 38.9 Å². The van der Waals surface area contributed by atoms with E-state index in [1.807, 2.05) is 20.8 Å². The Morgan fingerprint density at radius 3 is 2.23 bits per heavy atom. The van der Waals surface area contributed by atoms with E-state index in [-0.39, 0.29) is 5.97 Å². The number of aliphatic hydroxyl groups is 1. The van der Waals surface area contributed by atoms with Gasteiger partial charge in [0.2, 0.25) is 0 Å². The predicted octanol–water partition coefficient (Wildman–Crippen LogP) is 4.43. The Labute approximate surface area is 189 Å². The molecular formula is C24H44O6Si. The van der Waals surface area contributed by atoms with Crippen molar-refractivity contribution in [3.05, 3.63) is 0 Å². The number of fused-ring (bicyclic) bond motifs is 2. The average molecular weight is 457 g/mol. The molecule has 0 heterocycles. The first-order valence-electron chi connectivity index (χ1n) is 12.7. The summed E-state index contributed by atoms with van der Waals surface area (Å²) in [5.74, 6) is 3.99. The largest absolute Gasteiger partial charge is 0.500 e. The Hall–Kier alpha value is -0.473. The van der Waals surface area contributed by atoms with Gasteiger partial charge in [-0.15, -0.1) is 0 Å². The highest BCUT2D eigenvalue weighted by Crippen LogP contribution is 2.58. The molecule has 0 saturated heterocycles. The molecule has 0 radical (unpaired) electrons. The van der Waals surface area contributed by atoms with Gasteiger partial charge in [-0.2, -0.15) is 0 Å². The summed E-state index contributed by atoms with van der Waals surface area (Å²) >= 11 is 0. The summed E-state index contributed by atoms with van der Waals surface area (Å²) in [7, 11) is -2.61. The molecule has 0 aromatic rings. The summed E-state index contributed by atoms with van der Waals surface area (Å²) in [6.07, 6.45) is 8.31. The maximum absolute atomic E-state index is 12.3. The predicted molar refractivity (Wildman–Crippen MR) is 121 cm³/mol. The number of hydrogen-bond acceptors (Lipinski definition) is 6. The molecule has 4 aliphatic rings. The van der Waals surface area contributed by atoms with Gasteiger partial charge in [-0.1, -0.05) is 0 Å². The van der Waals surface area contributed by atoms with Crippen LogP contribution in [0.25, 0.3) is 0 Å². The molecule has 0 aliphatic heterocycles. The second-order valence-corrected chi connectivity index (χ2v) is 12.4. The number of hydrogen-bond donors (Lipinski definition) is 1. The maximum atomic E-state index is 12.3. The standard InChI is InChI=1S/C24H44O6Si/c1-4-28-31(29-5-2,30-6-3)12-8-7-9-24(26)27-17-18-13-22-19-10-11-21(23(22)14-18)20(15-19)16-25/h18-23,25H,4-17H2,1-3H3. The minimum Gasteiger partial charge on any atom is -0.465 e. The molecule has 0 aromatic carbocycles. The van der Waals surface area contributed by atoms with Crippen LogP contribution in [0, 0.1) is 35.5 Å². The zero-order chi connectivity index (χ0) is 22.3. The van der Waals surface area contributed by atoms with Crippen LogP contribution in [0.3, 0.4) is 0 Å². The monoisotopic (exact) mass is 456 g/mol. The number of unbranched alkanes of at least 4 members (excludes halogenated alkanes) is 1. The highest BCUT2D eigenvalue weighted by Gasteiger charge is 2.52. The quantitative estimate of drug-likeness (QED) is 0.237. The third kappa shape index (κ3) is 6.31. The SMILES string of the molecule is CCO[Si](CCCCC(=O)OCC1CC2C3CCC(C(CO)C3)C2C1)(OCC)OCC. The van der Waals surface area contributed by atoms with Gasteiger partial charge in [-0.3, -0.25) is 4.79 Å². The Balaban J connectivity index is 1.35. The van der Waals surface area contributed by atoms with E-state index in [1.165, 1.54) is 32.1 Å². The first kappa shape index (κ1) is 25.2. The van der Waals surface area contributed by atoms with Crippen LogP contribution in [0.4, 0.5) is 0 Å². The Bertz CT molecular complexity index is 541. The lowest BCUT2D eigenvalue weighted by Crippen LogP contribution is -2.45. The second kappa shape index (κ2) is 12.1. The molecule has 0 spiro atoms. The molecule has 1 N–H and O–H groups in total. The fourth-order valence-electron chi connectivity index (χ4n) is 6.77. The number of rotatable bonds is 14. The van der Waals surface area contributed by atoms with Crippen molar-refractivity contribution in [2.45, 2.75) is 78.2 Å². The van der Waals surface area contributed by atoms with Crippen LogP contribution in [0.1, 0.15) is 72.1 Å². The fourth-order valence-corrected chi connectivity index (χ4v) is 9.45. The van der Waals surface area contributed by atoms with Gasteiger partial charge in [0.1, 0.15) is 0 Å². The minimum absolute atomic E-state index is 0.0809. The zero-order valence-corrected chi connectivity index (χ0v) is 20.9. The van der Waals surface area contributed by atoms with Crippen molar-refractivity contribution in [3.8, 4) is 0 Å². The topological polar surface area (TPSA) is 74.2 Å². The lowest BCUT2D eigenvalue weighted by molar-refractivity contribution is -0.145. The molecule has 4 aliphatic carbocycles. The number of esters is 1. The van der Waals surface area contributed by atoms with Gasteiger partial charge in [0.25, 0.3) is 0 Å². The molecule has 4 saturated carbocycles. The van der Waals surface area contributed by atoms with E-state index in [9.17, 15) is 9.90 Å². The molecule has 6 unspecified atom stereocenters. The van der Waals surface area contributed by atoms with Crippen molar-refractivity contribution >= 4 is 14.8 Å². The summed E-state index contributed by atoms with van der Waals surface area (Å²) in [5.41, 5.74) is 0. The van der Waals surface area contributed by atoms with Crippen molar-refractivity contribution in [2.75, 3.05) is 33.0 Å². The van der Waals surface area contributed by atoms with E-state index in [4.69, 9.17) is 18.0 Å². The van der Waals surface area contributed by atoms with Gasteiger partial charge in [-0.25, -0.2) is 0 Å². The van der Waals surface area contributed by atoms with Gasteiger partial charge < -0.3 is 23.1 Å². The van der Waals surface area contributed by atoms with Crippen LogP contribution in [-0.2, 0) is 22.8 Å². The van der Waals surface area contributed by atoms with Gasteiger partial charge in [-0.05, 0) is 101 Å². The van der Waals surface area contributed by atoms with Gasteiger partial charge in [0.15, 0.2) is 0 Å². The van der Waals surface area contributed by atoms with Gasteiger partial charge in [0.05, 0.1) is 6.61 Å². The Morgan fingerprint density at radius 1 is 0.903 bits per heavy atom. The van der Waals surface area contributed by atoms with E-state index < -0.39 is 8.80 Å². The highest BCUT2D eigenvalue weighted by atomic mass is 28.4. The van der Waals surface area contributed by atoms with E-state index in [1.54, 1.807) is 0 Å². The summed E-state index contributed by atoms with van der Waals surface area (Å²) in [4.78, 5) is 12.3. The van der Waals surface area contributed by atoms with Crippen LogP contribution in [0.5, 0.6) is 0 Å². The maximum Gasteiger partial charge on any atom is 0.500 e. The minimum atomic E-state index is -2.61. The summed E-state index contributed by atoms with van der Waals surface area (Å²) in [6, 6.07) is 0.747. The molecular weight excluding hydrogens is 412 g/mol. The van der Waals surface area contributed by atoms with Crippen LogP contribution in [-0.4, -0.2) is 52.9 Å². The molecule has 6 atom stereocenters. The third-order valence-corrected chi connectivity index (χ3v) is 11.1.